The molecule has 2 rings (SSSR count). The van der Waals surface area contributed by atoms with E-state index in [0.29, 0.717) is 0 Å². The molecule has 1 unspecified atom stereocenters. The Morgan fingerprint density at radius 2 is 1.66 bits per heavy atom. The zero-order chi connectivity index (χ0) is 26.7. The number of halogens is 4. The molecule has 192 valence electrons. The van der Waals surface area contributed by atoms with Gasteiger partial charge in [-0.25, -0.2) is 8.42 Å². The zero-order valence-corrected chi connectivity index (χ0v) is 24.6. The molecule has 2 aromatic rings. The maximum Gasteiger partial charge on any atom is 0.244 e. The average Bonchev–Trinajstić information content (AvgIpc) is 2.70. The maximum atomic E-state index is 13.6. The Balaban J connectivity index is 2.48. The number of benzene rings is 2. The molecule has 1 N–H and O–H groups in total. The summed E-state index contributed by atoms with van der Waals surface area (Å²) in [5, 5.41) is 3.09. The van der Waals surface area contributed by atoms with Gasteiger partial charge < -0.3 is 10.2 Å². The summed E-state index contributed by atoms with van der Waals surface area (Å²) in [6.07, 6.45) is 0.952. The number of rotatable bonds is 8. The smallest absolute Gasteiger partial charge is 0.244 e. The molecule has 0 saturated carbocycles. The van der Waals surface area contributed by atoms with Crippen molar-refractivity contribution in [3.8, 4) is 0 Å². The SMILES string of the molecule is CC(C(=O)NC(C)(C)C)N(Cc1cccc(Br)c1)C(=O)CN(c1cc(Cl)c(Cl)cc1Cl)S(C)(=O)=O. The standard InChI is InChI=1S/C23H27BrCl3N3O4S/c1-14(22(32)28-23(2,3)4)29(12-15-7-6-8-16(24)9-15)21(31)13-30(35(5,33)34)20-11-18(26)17(25)10-19(20)27/h6-11,14H,12-13H2,1-5H3,(H,28,32). The molecule has 35 heavy (non-hydrogen) atoms. The molecule has 0 fully saturated rings. The van der Waals surface area contributed by atoms with Crippen LogP contribution in [0.3, 0.4) is 0 Å². The van der Waals surface area contributed by atoms with Gasteiger partial charge in [0.05, 0.1) is 27.0 Å². The molecule has 2 aromatic carbocycles. The number of nitrogens with one attached hydrogen (secondary N) is 1. The third kappa shape index (κ3) is 8.53. The van der Waals surface area contributed by atoms with E-state index < -0.39 is 34.1 Å². The van der Waals surface area contributed by atoms with Crippen LogP contribution in [0.2, 0.25) is 15.1 Å². The Hall–Kier alpha value is -1.52. The Labute approximate surface area is 229 Å². The van der Waals surface area contributed by atoms with Crippen molar-refractivity contribution in [1.82, 2.24) is 10.2 Å². The minimum Gasteiger partial charge on any atom is -0.350 e. The normalized spacial score (nSPS) is 12.7. The van der Waals surface area contributed by atoms with E-state index >= 15 is 0 Å². The number of sulfonamides is 1. The number of hydrogen-bond donors (Lipinski definition) is 1. The van der Waals surface area contributed by atoms with Crippen molar-refractivity contribution < 1.29 is 18.0 Å². The first kappa shape index (κ1) is 29.7. The fraction of sp³-hybridized carbons (Fsp3) is 0.391. The highest BCUT2D eigenvalue weighted by Gasteiger charge is 2.32. The molecule has 0 saturated heterocycles. The second-order valence-electron chi connectivity index (χ2n) is 9.05. The van der Waals surface area contributed by atoms with Gasteiger partial charge in [0.25, 0.3) is 0 Å². The molecule has 7 nitrogen and oxygen atoms in total. The van der Waals surface area contributed by atoms with Crippen molar-refractivity contribution in [3.05, 3.63) is 61.5 Å². The molecule has 0 spiro atoms. The van der Waals surface area contributed by atoms with Crippen LogP contribution in [0.5, 0.6) is 0 Å². The molecule has 12 heteroatoms. The van der Waals surface area contributed by atoms with E-state index in [1.54, 1.807) is 13.0 Å². The predicted octanol–water partition coefficient (Wildman–Crippen LogP) is 5.51. The first-order valence-corrected chi connectivity index (χ1v) is 14.3. The molecule has 0 bridgehead atoms. The highest BCUT2D eigenvalue weighted by atomic mass is 79.9. The number of carbonyl (C=O) groups is 2. The number of amides is 2. The molecule has 0 aromatic heterocycles. The van der Waals surface area contributed by atoms with Crippen molar-refractivity contribution >= 4 is 78.3 Å². The number of nitrogens with zero attached hydrogens (tertiary/aromatic N) is 2. The minimum atomic E-state index is -3.96. The Morgan fingerprint density at radius 1 is 1.06 bits per heavy atom. The van der Waals surface area contributed by atoms with Crippen LogP contribution in [0, 0.1) is 0 Å². The van der Waals surface area contributed by atoms with Crippen LogP contribution in [0.15, 0.2) is 40.9 Å². The number of hydrogen-bond acceptors (Lipinski definition) is 4. The number of carbonyl (C=O) groups excluding carboxylic acids is 2. The van der Waals surface area contributed by atoms with Crippen molar-refractivity contribution in [1.29, 1.82) is 0 Å². The van der Waals surface area contributed by atoms with Gasteiger partial charge in [0, 0.05) is 16.6 Å². The zero-order valence-electron chi connectivity index (χ0n) is 19.9. The average molecular weight is 628 g/mol. The fourth-order valence-electron chi connectivity index (χ4n) is 3.19. The molecular formula is C23H27BrCl3N3O4S. The molecule has 0 heterocycles. The summed E-state index contributed by atoms with van der Waals surface area (Å²) in [4.78, 5) is 27.8. The minimum absolute atomic E-state index is 0.00567. The van der Waals surface area contributed by atoms with Gasteiger partial charge in [-0.1, -0.05) is 62.9 Å². The van der Waals surface area contributed by atoms with Crippen LogP contribution in [-0.2, 0) is 26.2 Å². The molecule has 0 aliphatic rings. The lowest BCUT2D eigenvalue weighted by molar-refractivity contribution is -0.140. The highest BCUT2D eigenvalue weighted by Crippen LogP contribution is 2.35. The van der Waals surface area contributed by atoms with Crippen molar-refractivity contribution in [2.45, 2.75) is 45.8 Å². The summed E-state index contributed by atoms with van der Waals surface area (Å²) in [5.74, 6) is -0.978. The van der Waals surface area contributed by atoms with Crippen molar-refractivity contribution in [2.75, 3.05) is 17.1 Å². The molecular weight excluding hydrogens is 601 g/mol. The summed E-state index contributed by atoms with van der Waals surface area (Å²) >= 11 is 21.7. The molecule has 0 aliphatic carbocycles. The summed E-state index contributed by atoms with van der Waals surface area (Å²) in [6, 6.07) is 8.97. The Kier molecular flexibility index (Phi) is 9.92. The lowest BCUT2D eigenvalue weighted by atomic mass is 10.1. The fourth-order valence-corrected chi connectivity index (χ4v) is 5.18. The second kappa shape index (κ2) is 11.7. The van der Waals surface area contributed by atoms with Gasteiger partial charge in [0.1, 0.15) is 12.6 Å². The number of anilines is 1. The van der Waals surface area contributed by atoms with E-state index in [-0.39, 0.29) is 33.2 Å². The lowest BCUT2D eigenvalue weighted by Crippen LogP contribution is -2.54. The van der Waals surface area contributed by atoms with Crippen LogP contribution in [0.1, 0.15) is 33.3 Å². The Bertz CT molecular complexity index is 1220. The molecule has 0 aliphatic heterocycles. The van der Waals surface area contributed by atoms with Gasteiger partial charge in [-0.15, -0.1) is 0 Å². The van der Waals surface area contributed by atoms with Gasteiger partial charge >= 0.3 is 0 Å². The molecule has 1 atom stereocenters. The van der Waals surface area contributed by atoms with E-state index in [0.717, 1.165) is 20.6 Å². The van der Waals surface area contributed by atoms with E-state index in [2.05, 4.69) is 21.2 Å². The van der Waals surface area contributed by atoms with Crippen LogP contribution in [0.25, 0.3) is 0 Å². The van der Waals surface area contributed by atoms with E-state index in [4.69, 9.17) is 34.8 Å². The molecule has 0 radical (unpaired) electrons. The second-order valence-corrected chi connectivity index (χ2v) is 13.1. The van der Waals surface area contributed by atoms with E-state index in [9.17, 15) is 18.0 Å². The van der Waals surface area contributed by atoms with E-state index in [1.165, 1.54) is 17.0 Å². The highest BCUT2D eigenvalue weighted by molar-refractivity contribution is 9.10. The lowest BCUT2D eigenvalue weighted by Gasteiger charge is -2.33. The van der Waals surface area contributed by atoms with Crippen LogP contribution in [0.4, 0.5) is 5.69 Å². The third-order valence-corrected chi connectivity index (χ3v) is 7.49. The van der Waals surface area contributed by atoms with Gasteiger partial charge in [-0.3, -0.25) is 13.9 Å². The summed E-state index contributed by atoms with van der Waals surface area (Å²) in [6.45, 7) is 6.55. The van der Waals surface area contributed by atoms with Gasteiger partial charge in [-0.05, 0) is 57.5 Å². The largest absolute Gasteiger partial charge is 0.350 e. The maximum absolute atomic E-state index is 13.6. The predicted molar refractivity (Wildman–Crippen MR) is 146 cm³/mol. The summed E-state index contributed by atoms with van der Waals surface area (Å²) in [5.41, 5.74) is 0.232. The van der Waals surface area contributed by atoms with E-state index in [1.807, 2.05) is 39.0 Å². The first-order valence-electron chi connectivity index (χ1n) is 10.5. The first-order chi connectivity index (χ1) is 16.0. The van der Waals surface area contributed by atoms with Crippen molar-refractivity contribution in [3.63, 3.8) is 0 Å². The van der Waals surface area contributed by atoms with Crippen LogP contribution < -0.4 is 9.62 Å². The topological polar surface area (TPSA) is 86.8 Å². The van der Waals surface area contributed by atoms with Gasteiger partial charge in [0.2, 0.25) is 21.8 Å². The van der Waals surface area contributed by atoms with Gasteiger partial charge in [0.15, 0.2) is 0 Å². The Morgan fingerprint density at radius 3 is 2.20 bits per heavy atom. The molecule has 2 amide bonds. The summed E-state index contributed by atoms with van der Waals surface area (Å²) < 4.78 is 27.0. The van der Waals surface area contributed by atoms with Crippen LogP contribution in [-0.4, -0.2) is 49.5 Å². The van der Waals surface area contributed by atoms with Crippen LogP contribution >= 0.6 is 50.7 Å². The summed E-state index contributed by atoms with van der Waals surface area (Å²) in [7, 11) is -3.96. The van der Waals surface area contributed by atoms with Crippen molar-refractivity contribution in [2.24, 2.45) is 0 Å². The monoisotopic (exact) mass is 625 g/mol. The quantitative estimate of drug-likeness (QED) is 0.392. The van der Waals surface area contributed by atoms with Gasteiger partial charge in [-0.2, -0.15) is 0 Å². The third-order valence-electron chi connectivity index (χ3n) is 4.85.